The molecule has 1 saturated heterocycles. The number of ketones is 1. The maximum atomic E-state index is 11.8. The van der Waals surface area contributed by atoms with Gasteiger partial charge in [0.05, 0.1) is 0 Å². The lowest BCUT2D eigenvalue weighted by atomic mass is 10.1. The summed E-state index contributed by atoms with van der Waals surface area (Å²) in [7, 11) is 0.325. The van der Waals surface area contributed by atoms with Crippen molar-refractivity contribution in [2.24, 2.45) is 0 Å². The molecule has 2 nitrogen and oxygen atoms in total. The van der Waals surface area contributed by atoms with Crippen LogP contribution in [0, 0.1) is 0 Å². The molecule has 80 valence electrons. The molecule has 3 heteroatoms. The lowest BCUT2D eigenvalue weighted by Gasteiger charge is -2.01. The summed E-state index contributed by atoms with van der Waals surface area (Å²) in [5.41, 5.74) is 0.729. The molecule has 15 heavy (non-hydrogen) atoms. The van der Waals surface area contributed by atoms with Gasteiger partial charge >= 0.3 is 0 Å². The Balaban J connectivity index is 1.98. The Bertz CT molecular complexity index is 339. The van der Waals surface area contributed by atoms with Crippen molar-refractivity contribution >= 4 is 16.7 Å². The van der Waals surface area contributed by atoms with Gasteiger partial charge in [-0.15, -0.1) is 0 Å². The molecule has 1 aliphatic rings. The second-order valence-corrected chi connectivity index (χ2v) is 6.17. The highest BCUT2D eigenvalue weighted by Crippen LogP contribution is 2.16. The molecule has 0 radical (unpaired) electrons. The Morgan fingerprint density at radius 2 is 1.80 bits per heavy atom. The highest BCUT2D eigenvalue weighted by Gasteiger charge is 2.27. The van der Waals surface area contributed by atoms with Crippen molar-refractivity contribution in [2.75, 3.05) is 17.3 Å². The van der Waals surface area contributed by atoms with Crippen molar-refractivity contribution in [1.29, 1.82) is 0 Å². The molecule has 1 aliphatic heterocycles. The molecular weight excluding hydrogens is 208 g/mol. The average Bonchev–Trinajstić information content (AvgIpc) is 2.71. The summed E-state index contributed by atoms with van der Waals surface area (Å²) >= 11 is 0. The number of aromatic hydroxyl groups is 1. The summed E-state index contributed by atoms with van der Waals surface area (Å²) in [6, 6.07) is 6.56. The number of benzene rings is 1. The Morgan fingerprint density at radius 1 is 1.20 bits per heavy atom. The van der Waals surface area contributed by atoms with Crippen LogP contribution < -0.4 is 0 Å². The van der Waals surface area contributed by atoms with E-state index >= 15 is 0 Å². The molecule has 0 aliphatic carbocycles. The highest BCUT2D eigenvalue weighted by molar-refractivity contribution is 7.97. The molecule has 0 amide bonds. The molecule has 0 unspecified atom stereocenters. The van der Waals surface area contributed by atoms with Crippen molar-refractivity contribution < 1.29 is 9.90 Å². The summed E-state index contributed by atoms with van der Waals surface area (Å²) in [6.07, 6.45) is 2.57. The van der Waals surface area contributed by atoms with E-state index < -0.39 is 0 Å². The Morgan fingerprint density at radius 3 is 2.40 bits per heavy atom. The van der Waals surface area contributed by atoms with Crippen LogP contribution in [0.3, 0.4) is 0 Å². The summed E-state index contributed by atoms with van der Waals surface area (Å²) < 4.78 is 0. The number of Topliss-reactive ketones (excluding diaryl/α,β-unsaturated/α-hetero) is 1. The van der Waals surface area contributed by atoms with Crippen molar-refractivity contribution in [1.82, 2.24) is 0 Å². The predicted molar refractivity (Wildman–Crippen MR) is 63.6 cm³/mol. The molecule has 1 aromatic carbocycles. The van der Waals surface area contributed by atoms with Crippen LogP contribution in [0.5, 0.6) is 5.75 Å². The van der Waals surface area contributed by atoms with Gasteiger partial charge in [0.15, 0.2) is 5.75 Å². The van der Waals surface area contributed by atoms with E-state index in [2.05, 4.69) is 0 Å². The molecule has 0 aromatic heterocycles. The first-order valence-corrected chi connectivity index (χ1v) is 6.95. The topological polar surface area (TPSA) is 37.3 Å². The fraction of sp³-hybridized carbons (Fsp3) is 0.417. The summed E-state index contributed by atoms with van der Waals surface area (Å²) in [5.74, 6) is 3.59. The quantitative estimate of drug-likeness (QED) is 0.628. The van der Waals surface area contributed by atoms with Gasteiger partial charge in [0, 0.05) is 5.56 Å². The number of hydrogen-bond acceptors (Lipinski definition) is 2. The molecule has 0 atom stereocenters. The summed E-state index contributed by atoms with van der Waals surface area (Å²) in [6.45, 7) is 0. The number of phenols is 1. The fourth-order valence-electron chi connectivity index (χ4n) is 1.77. The Hall–Kier alpha value is -0.960. The minimum absolute atomic E-state index is 0.217. The molecule has 0 spiro atoms. The third-order valence-corrected chi connectivity index (χ3v) is 5.04. The van der Waals surface area contributed by atoms with E-state index in [0.29, 0.717) is 16.6 Å². The minimum Gasteiger partial charge on any atom is -0.508 e. The molecule has 0 saturated carbocycles. The van der Waals surface area contributed by atoms with Crippen molar-refractivity contribution in [3.05, 3.63) is 29.8 Å². The smallest absolute Gasteiger partial charge is 0.211 e. The second-order valence-electron chi connectivity index (χ2n) is 3.84. The zero-order valence-electron chi connectivity index (χ0n) is 8.61. The predicted octanol–water partition coefficient (Wildman–Crippen LogP) is 1.99. The van der Waals surface area contributed by atoms with Gasteiger partial charge in [-0.25, -0.2) is 0 Å². The van der Waals surface area contributed by atoms with Gasteiger partial charge in [-0.2, -0.15) is 0 Å². The van der Waals surface area contributed by atoms with E-state index in [-0.39, 0.29) is 11.5 Å². The van der Waals surface area contributed by atoms with Crippen LogP contribution in [0.15, 0.2) is 24.3 Å². The minimum atomic E-state index is 0.217. The van der Waals surface area contributed by atoms with Gasteiger partial charge in [-0.3, -0.25) is 4.79 Å². The SMILES string of the molecule is O=C(C[S+]1CCCC1)c1ccc(O)cc1. The van der Waals surface area contributed by atoms with E-state index in [1.54, 1.807) is 24.3 Å². The van der Waals surface area contributed by atoms with Crippen LogP contribution in [-0.4, -0.2) is 28.1 Å². The van der Waals surface area contributed by atoms with Crippen LogP contribution in [0.1, 0.15) is 23.2 Å². The Kier molecular flexibility index (Phi) is 3.31. The van der Waals surface area contributed by atoms with Crippen molar-refractivity contribution in [3.63, 3.8) is 0 Å². The lowest BCUT2D eigenvalue weighted by Crippen LogP contribution is -2.17. The lowest BCUT2D eigenvalue weighted by molar-refractivity contribution is 0.102. The van der Waals surface area contributed by atoms with Gasteiger partial charge in [0.25, 0.3) is 0 Å². The third kappa shape index (κ3) is 2.75. The zero-order chi connectivity index (χ0) is 10.7. The van der Waals surface area contributed by atoms with Gasteiger partial charge in [-0.1, -0.05) is 0 Å². The molecule has 1 fully saturated rings. The molecule has 2 rings (SSSR count). The van der Waals surface area contributed by atoms with E-state index in [1.807, 2.05) is 0 Å². The third-order valence-electron chi connectivity index (χ3n) is 2.64. The van der Waals surface area contributed by atoms with Crippen LogP contribution in [0.25, 0.3) is 0 Å². The monoisotopic (exact) mass is 223 g/mol. The maximum Gasteiger partial charge on any atom is 0.211 e. The molecule has 1 heterocycles. The second kappa shape index (κ2) is 4.71. The standard InChI is InChI=1S/C12H14O2S/c13-11-5-3-10(4-6-11)12(14)9-15-7-1-2-8-15/h3-6H,1-2,7-9H2/p+1. The van der Waals surface area contributed by atoms with Crippen LogP contribution in [0.4, 0.5) is 0 Å². The zero-order valence-corrected chi connectivity index (χ0v) is 9.43. The molecule has 1 N–H and O–H groups in total. The summed E-state index contributed by atoms with van der Waals surface area (Å²) in [4.78, 5) is 11.8. The average molecular weight is 223 g/mol. The van der Waals surface area contributed by atoms with E-state index in [1.165, 1.54) is 24.3 Å². The molecular formula is C12H15O2S+. The maximum absolute atomic E-state index is 11.8. The highest BCUT2D eigenvalue weighted by atomic mass is 32.2. The molecule has 0 bridgehead atoms. The normalized spacial score (nSPS) is 16.8. The number of phenolic OH excluding ortho intramolecular Hbond substituents is 1. The van der Waals surface area contributed by atoms with E-state index in [0.717, 1.165) is 5.56 Å². The first-order chi connectivity index (χ1) is 7.25. The fourth-order valence-corrected chi connectivity index (χ4v) is 4.03. The number of hydrogen-bond donors (Lipinski definition) is 1. The van der Waals surface area contributed by atoms with Gasteiger partial charge in [-0.05, 0) is 48.0 Å². The van der Waals surface area contributed by atoms with Gasteiger partial charge < -0.3 is 5.11 Å². The van der Waals surface area contributed by atoms with Gasteiger partial charge in [0.2, 0.25) is 5.78 Å². The summed E-state index contributed by atoms with van der Waals surface area (Å²) in [5, 5.41) is 9.11. The molecule has 1 aromatic rings. The van der Waals surface area contributed by atoms with E-state index in [4.69, 9.17) is 5.11 Å². The number of carbonyl (C=O) groups excluding carboxylic acids is 1. The van der Waals surface area contributed by atoms with Gasteiger partial charge in [0.1, 0.15) is 17.3 Å². The van der Waals surface area contributed by atoms with Crippen molar-refractivity contribution in [2.45, 2.75) is 12.8 Å². The van der Waals surface area contributed by atoms with Crippen LogP contribution in [0.2, 0.25) is 0 Å². The number of rotatable bonds is 3. The van der Waals surface area contributed by atoms with E-state index in [9.17, 15) is 4.79 Å². The van der Waals surface area contributed by atoms with Crippen LogP contribution in [-0.2, 0) is 10.9 Å². The largest absolute Gasteiger partial charge is 0.508 e. The number of carbonyl (C=O) groups is 1. The Labute approximate surface area is 92.7 Å². The van der Waals surface area contributed by atoms with Crippen molar-refractivity contribution in [3.8, 4) is 5.75 Å². The first-order valence-electron chi connectivity index (χ1n) is 5.22. The first kappa shape index (κ1) is 10.6. The van der Waals surface area contributed by atoms with Crippen LogP contribution >= 0.6 is 0 Å².